The van der Waals surface area contributed by atoms with E-state index in [-0.39, 0.29) is 6.10 Å². The number of aliphatic hydroxyl groups is 1. The highest BCUT2D eigenvalue weighted by Crippen LogP contribution is 2.26. The van der Waals surface area contributed by atoms with Crippen LogP contribution in [-0.4, -0.2) is 35.7 Å². The van der Waals surface area contributed by atoms with E-state index in [2.05, 4.69) is 4.90 Å². The molecule has 1 N–H and O–H groups in total. The maximum absolute atomic E-state index is 9.05. The van der Waals surface area contributed by atoms with Gasteiger partial charge in [-0.15, -0.1) is 0 Å². The van der Waals surface area contributed by atoms with Crippen molar-refractivity contribution in [2.45, 2.75) is 31.8 Å². The lowest BCUT2D eigenvalue weighted by molar-refractivity contribution is -0.00599. The van der Waals surface area contributed by atoms with E-state index in [4.69, 9.17) is 5.11 Å². The number of likely N-dealkylation sites (tertiary alicyclic amines) is 1. The van der Waals surface area contributed by atoms with Crippen molar-refractivity contribution in [3.63, 3.8) is 0 Å². The Labute approximate surface area is 68.2 Å². The Morgan fingerprint density at radius 2 is 1.82 bits per heavy atom. The number of hydrogen-bond acceptors (Lipinski definition) is 2. The molecule has 11 heavy (non-hydrogen) atoms. The number of nitrogens with zero attached hydrogens (tertiary/aromatic N) is 1. The van der Waals surface area contributed by atoms with Crippen molar-refractivity contribution in [2.75, 3.05) is 19.6 Å². The van der Waals surface area contributed by atoms with Gasteiger partial charge in [-0.3, -0.25) is 4.90 Å². The lowest BCUT2D eigenvalue weighted by atomic mass is 10.0. The summed E-state index contributed by atoms with van der Waals surface area (Å²) in [6, 6.07) is 0. The molecule has 64 valence electrons. The maximum atomic E-state index is 9.05. The third kappa shape index (κ3) is 1.74. The average Bonchev–Trinajstić information content (AvgIpc) is 2.36. The van der Waals surface area contributed by atoms with Crippen LogP contribution in [0.25, 0.3) is 0 Å². The molecule has 2 heteroatoms. The monoisotopic (exact) mass is 155 g/mol. The smallest absolute Gasteiger partial charge is 0.0793 e. The molecule has 0 radical (unpaired) electrons. The van der Waals surface area contributed by atoms with E-state index < -0.39 is 0 Å². The summed E-state index contributed by atoms with van der Waals surface area (Å²) >= 11 is 0. The molecule has 0 atom stereocenters. The van der Waals surface area contributed by atoms with Crippen molar-refractivity contribution in [2.24, 2.45) is 5.92 Å². The Kier molecular flexibility index (Phi) is 2.14. The number of aliphatic hydroxyl groups excluding tert-OH is 1. The molecule has 2 aliphatic rings. The summed E-state index contributed by atoms with van der Waals surface area (Å²) < 4.78 is 0. The summed E-state index contributed by atoms with van der Waals surface area (Å²) in [6.07, 6.45) is 5.69. The fourth-order valence-electron chi connectivity index (χ4n) is 2.25. The fourth-order valence-corrected chi connectivity index (χ4v) is 2.25. The van der Waals surface area contributed by atoms with Crippen LogP contribution in [0.1, 0.15) is 25.7 Å². The van der Waals surface area contributed by atoms with Gasteiger partial charge < -0.3 is 5.11 Å². The van der Waals surface area contributed by atoms with Gasteiger partial charge in [0.1, 0.15) is 0 Å². The van der Waals surface area contributed by atoms with Gasteiger partial charge >= 0.3 is 0 Å². The topological polar surface area (TPSA) is 23.5 Å². The highest BCUT2D eigenvalue weighted by molar-refractivity contribution is 4.81. The Bertz CT molecular complexity index is 126. The first kappa shape index (κ1) is 7.56. The molecule has 0 unspecified atom stereocenters. The van der Waals surface area contributed by atoms with Crippen LogP contribution in [0.5, 0.6) is 0 Å². The zero-order chi connectivity index (χ0) is 7.68. The van der Waals surface area contributed by atoms with E-state index in [1.54, 1.807) is 0 Å². The molecule has 2 nitrogen and oxygen atoms in total. The molecule has 0 spiro atoms. The lowest BCUT2D eigenvalue weighted by Crippen LogP contribution is -2.51. The van der Waals surface area contributed by atoms with Crippen molar-refractivity contribution in [1.82, 2.24) is 4.90 Å². The predicted molar refractivity (Wildman–Crippen MR) is 44.4 cm³/mol. The summed E-state index contributed by atoms with van der Waals surface area (Å²) in [5.41, 5.74) is 0. The quantitative estimate of drug-likeness (QED) is 0.639. The summed E-state index contributed by atoms with van der Waals surface area (Å²) in [5.74, 6) is 0.947. The Morgan fingerprint density at radius 1 is 1.18 bits per heavy atom. The molecule has 2 fully saturated rings. The number of β-amino-alcohol motifs (C(OH)–C–C–N with tert-alkyl or cyclic N) is 1. The van der Waals surface area contributed by atoms with E-state index in [1.165, 1.54) is 32.2 Å². The van der Waals surface area contributed by atoms with Gasteiger partial charge in [-0.1, -0.05) is 12.8 Å². The first-order valence-electron chi connectivity index (χ1n) is 4.75. The minimum atomic E-state index is -0.0172. The minimum Gasteiger partial charge on any atom is -0.390 e. The second-order valence-electron chi connectivity index (χ2n) is 4.02. The molecule has 0 aromatic rings. The number of rotatable bonds is 2. The van der Waals surface area contributed by atoms with Crippen LogP contribution in [-0.2, 0) is 0 Å². The summed E-state index contributed by atoms with van der Waals surface area (Å²) in [6.45, 7) is 3.10. The highest BCUT2D eigenvalue weighted by atomic mass is 16.3. The molecular weight excluding hydrogens is 138 g/mol. The predicted octanol–water partition coefficient (Wildman–Crippen LogP) is 0.853. The second kappa shape index (κ2) is 3.11. The van der Waals surface area contributed by atoms with Gasteiger partial charge in [-0.25, -0.2) is 0 Å². The summed E-state index contributed by atoms with van der Waals surface area (Å²) in [4.78, 5) is 2.38. The van der Waals surface area contributed by atoms with Crippen molar-refractivity contribution >= 4 is 0 Å². The van der Waals surface area contributed by atoms with Crippen LogP contribution in [0.4, 0.5) is 0 Å². The average molecular weight is 155 g/mol. The lowest BCUT2D eigenvalue weighted by Gasteiger charge is -2.37. The van der Waals surface area contributed by atoms with E-state index >= 15 is 0 Å². The van der Waals surface area contributed by atoms with Gasteiger partial charge in [0.05, 0.1) is 6.10 Å². The van der Waals surface area contributed by atoms with E-state index in [0.717, 1.165) is 19.0 Å². The third-order valence-electron chi connectivity index (χ3n) is 2.93. The van der Waals surface area contributed by atoms with Crippen LogP contribution in [0.2, 0.25) is 0 Å². The van der Waals surface area contributed by atoms with Gasteiger partial charge in [0.15, 0.2) is 0 Å². The summed E-state index contributed by atoms with van der Waals surface area (Å²) in [7, 11) is 0. The van der Waals surface area contributed by atoms with Crippen LogP contribution in [0.15, 0.2) is 0 Å². The molecule has 0 aromatic carbocycles. The zero-order valence-electron chi connectivity index (χ0n) is 7.00. The molecule has 0 aromatic heterocycles. The van der Waals surface area contributed by atoms with Gasteiger partial charge in [0, 0.05) is 19.6 Å². The van der Waals surface area contributed by atoms with E-state index in [1.807, 2.05) is 0 Å². The molecule has 1 heterocycles. The Morgan fingerprint density at radius 3 is 2.36 bits per heavy atom. The Hall–Kier alpha value is -0.0800. The molecule has 1 aliphatic carbocycles. The molecule has 2 rings (SSSR count). The molecule has 1 saturated heterocycles. The normalized spacial score (nSPS) is 29.2. The number of hydrogen-bond donors (Lipinski definition) is 1. The highest BCUT2D eigenvalue weighted by Gasteiger charge is 2.27. The van der Waals surface area contributed by atoms with Gasteiger partial charge in [-0.2, -0.15) is 0 Å². The minimum absolute atomic E-state index is 0.0172. The molecule has 0 bridgehead atoms. The van der Waals surface area contributed by atoms with Crippen LogP contribution >= 0.6 is 0 Å². The Balaban J connectivity index is 1.66. The largest absolute Gasteiger partial charge is 0.390 e. The standard InChI is InChI=1S/C9H17NO/c11-9-6-10(7-9)5-8-3-1-2-4-8/h8-9,11H,1-7H2. The van der Waals surface area contributed by atoms with Crippen LogP contribution < -0.4 is 0 Å². The molecule has 0 amide bonds. The second-order valence-corrected chi connectivity index (χ2v) is 4.02. The van der Waals surface area contributed by atoms with Gasteiger partial charge in [0.2, 0.25) is 0 Å². The SMILES string of the molecule is OC1CN(CC2CCCC2)C1. The van der Waals surface area contributed by atoms with Crippen molar-refractivity contribution in [3.8, 4) is 0 Å². The van der Waals surface area contributed by atoms with E-state index in [9.17, 15) is 0 Å². The van der Waals surface area contributed by atoms with Crippen molar-refractivity contribution in [3.05, 3.63) is 0 Å². The fraction of sp³-hybridized carbons (Fsp3) is 1.00. The van der Waals surface area contributed by atoms with Crippen molar-refractivity contribution < 1.29 is 5.11 Å². The van der Waals surface area contributed by atoms with E-state index in [0.29, 0.717) is 0 Å². The zero-order valence-corrected chi connectivity index (χ0v) is 7.00. The molecular formula is C9H17NO. The van der Waals surface area contributed by atoms with Crippen molar-refractivity contribution in [1.29, 1.82) is 0 Å². The van der Waals surface area contributed by atoms with Gasteiger partial charge in [0.25, 0.3) is 0 Å². The maximum Gasteiger partial charge on any atom is 0.0793 e. The van der Waals surface area contributed by atoms with Crippen LogP contribution in [0.3, 0.4) is 0 Å². The summed E-state index contributed by atoms with van der Waals surface area (Å²) in [5, 5.41) is 9.05. The van der Waals surface area contributed by atoms with Crippen LogP contribution in [0, 0.1) is 5.92 Å². The van der Waals surface area contributed by atoms with Gasteiger partial charge in [-0.05, 0) is 18.8 Å². The first-order valence-corrected chi connectivity index (χ1v) is 4.75. The molecule has 1 saturated carbocycles. The molecule has 1 aliphatic heterocycles. The first-order chi connectivity index (χ1) is 5.34. The third-order valence-corrected chi connectivity index (χ3v) is 2.93.